The maximum Gasteiger partial charge on any atom is 0.226 e. The van der Waals surface area contributed by atoms with Crippen LogP contribution in [0.2, 0.25) is 0 Å². The largest absolute Gasteiger partial charge is 0.351 e. The molecule has 6 nitrogen and oxygen atoms in total. The lowest BCUT2D eigenvalue weighted by molar-refractivity contribution is -0.118. The summed E-state index contributed by atoms with van der Waals surface area (Å²) in [6, 6.07) is 14.9. The Morgan fingerprint density at radius 3 is 2.64 bits per heavy atom. The lowest BCUT2D eigenvalue weighted by Gasteiger charge is -2.28. The van der Waals surface area contributed by atoms with Gasteiger partial charge in [0, 0.05) is 41.9 Å². The molecule has 1 amide bonds. The minimum absolute atomic E-state index is 0.0151. The van der Waals surface area contributed by atoms with Crippen molar-refractivity contribution in [2.45, 2.75) is 71.0 Å². The zero-order valence-corrected chi connectivity index (χ0v) is 22.1. The van der Waals surface area contributed by atoms with Crippen molar-refractivity contribution in [3.63, 3.8) is 0 Å². The van der Waals surface area contributed by atoms with E-state index >= 15 is 0 Å². The zero-order chi connectivity index (χ0) is 25.2. The fraction of sp³-hybridized carbons (Fsp3) is 0.414. The summed E-state index contributed by atoms with van der Waals surface area (Å²) >= 11 is 5.90. The molecule has 1 aromatic carbocycles. The van der Waals surface area contributed by atoms with Gasteiger partial charge in [0.15, 0.2) is 5.11 Å². The van der Waals surface area contributed by atoms with E-state index in [-0.39, 0.29) is 23.9 Å². The van der Waals surface area contributed by atoms with Crippen molar-refractivity contribution in [1.82, 2.24) is 14.9 Å². The molecule has 2 aromatic heterocycles. The van der Waals surface area contributed by atoms with Gasteiger partial charge in [-0.15, -0.1) is 0 Å². The first-order valence-electron chi connectivity index (χ1n) is 13.0. The molecule has 36 heavy (non-hydrogen) atoms. The van der Waals surface area contributed by atoms with E-state index in [1.807, 2.05) is 51.2 Å². The number of nitrogens with one attached hydrogen (secondary N) is 2. The van der Waals surface area contributed by atoms with Crippen LogP contribution in [-0.2, 0) is 4.79 Å². The molecule has 1 saturated heterocycles. The molecule has 188 valence electrons. The smallest absolute Gasteiger partial charge is 0.226 e. The molecule has 0 radical (unpaired) electrons. The second kappa shape index (κ2) is 10.4. The number of carbonyl (C=O) groups excluding carboxylic acids is 1. The highest BCUT2D eigenvalue weighted by molar-refractivity contribution is 7.80. The van der Waals surface area contributed by atoms with Gasteiger partial charge in [0.05, 0.1) is 17.8 Å². The van der Waals surface area contributed by atoms with E-state index in [1.54, 1.807) is 0 Å². The third-order valence-electron chi connectivity index (χ3n) is 7.44. The predicted molar refractivity (Wildman–Crippen MR) is 149 cm³/mol. The van der Waals surface area contributed by atoms with Crippen molar-refractivity contribution >= 4 is 34.6 Å². The van der Waals surface area contributed by atoms with Crippen LogP contribution < -0.4 is 15.5 Å². The molecule has 0 bridgehead atoms. The fourth-order valence-corrected chi connectivity index (χ4v) is 5.74. The van der Waals surface area contributed by atoms with Crippen LogP contribution in [0.3, 0.4) is 0 Å². The molecule has 2 fully saturated rings. The van der Waals surface area contributed by atoms with Crippen molar-refractivity contribution in [3.05, 3.63) is 77.9 Å². The summed E-state index contributed by atoms with van der Waals surface area (Å²) in [5, 5.41) is 7.27. The number of benzene rings is 1. The number of aromatic nitrogens is 2. The SMILES string of the molecule is Cc1cc(N2C(=S)NC(c3ccccn3)C2c2ccn(C3CCCCC3)c2)ccc1NC(=O)C(C)C. The number of amides is 1. The Labute approximate surface area is 219 Å². The quantitative estimate of drug-likeness (QED) is 0.379. The van der Waals surface area contributed by atoms with Gasteiger partial charge in [-0.2, -0.15) is 0 Å². The summed E-state index contributed by atoms with van der Waals surface area (Å²) in [5.74, 6) is -0.0579. The molecule has 3 aromatic rings. The third kappa shape index (κ3) is 4.89. The number of nitrogens with zero attached hydrogens (tertiary/aromatic N) is 3. The molecule has 1 aliphatic heterocycles. The number of rotatable bonds is 6. The van der Waals surface area contributed by atoms with Crippen LogP contribution in [0.5, 0.6) is 0 Å². The number of hydrogen-bond acceptors (Lipinski definition) is 3. The Morgan fingerprint density at radius 1 is 1.14 bits per heavy atom. The average Bonchev–Trinajstić information content (AvgIpc) is 3.51. The first-order valence-corrected chi connectivity index (χ1v) is 13.4. The lowest BCUT2D eigenvalue weighted by atomic mass is 9.95. The summed E-state index contributed by atoms with van der Waals surface area (Å²) in [4.78, 5) is 19.1. The molecule has 2 unspecified atom stereocenters. The van der Waals surface area contributed by atoms with Crippen molar-refractivity contribution in [2.75, 3.05) is 10.2 Å². The van der Waals surface area contributed by atoms with Crippen LogP contribution in [0, 0.1) is 12.8 Å². The minimum atomic E-state index is -0.0730. The normalized spacial score (nSPS) is 20.6. The Hall–Kier alpha value is -3.19. The van der Waals surface area contributed by atoms with Crippen LogP contribution in [0.4, 0.5) is 11.4 Å². The van der Waals surface area contributed by atoms with Gasteiger partial charge < -0.3 is 20.1 Å². The van der Waals surface area contributed by atoms with Gasteiger partial charge in [-0.05, 0) is 79.5 Å². The van der Waals surface area contributed by atoms with E-state index in [9.17, 15) is 4.79 Å². The van der Waals surface area contributed by atoms with Crippen LogP contribution in [0.1, 0.15) is 80.9 Å². The van der Waals surface area contributed by atoms with Crippen LogP contribution in [0.25, 0.3) is 0 Å². The highest BCUT2D eigenvalue weighted by Crippen LogP contribution is 2.43. The molecule has 5 rings (SSSR count). The second-order valence-corrected chi connectivity index (χ2v) is 10.7. The Morgan fingerprint density at radius 2 is 1.94 bits per heavy atom. The topological polar surface area (TPSA) is 62.2 Å². The fourth-order valence-electron chi connectivity index (χ4n) is 5.40. The van der Waals surface area contributed by atoms with Gasteiger partial charge in [-0.1, -0.05) is 39.2 Å². The van der Waals surface area contributed by atoms with Crippen molar-refractivity contribution in [3.8, 4) is 0 Å². The summed E-state index contributed by atoms with van der Waals surface area (Å²) in [7, 11) is 0. The summed E-state index contributed by atoms with van der Waals surface area (Å²) < 4.78 is 2.40. The average molecular weight is 502 g/mol. The van der Waals surface area contributed by atoms with E-state index in [1.165, 1.54) is 37.7 Å². The molecule has 1 aliphatic carbocycles. The Bertz CT molecular complexity index is 1230. The third-order valence-corrected chi connectivity index (χ3v) is 7.76. The molecular formula is C29H35N5OS. The summed E-state index contributed by atoms with van der Waals surface area (Å²) in [6.07, 6.45) is 12.8. The van der Waals surface area contributed by atoms with Crippen LogP contribution >= 0.6 is 12.2 Å². The zero-order valence-electron chi connectivity index (χ0n) is 21.3. The molecular weight excluding hydrogens is 466 g/mol. The van der Waals surface area contributed by atoms with Gasteiger partial charge in [-0.25, -0.2) is 0 Å². The Balaban J connectivity index is 1.51. The maximum absolute atomic E-state index is 12.3. The monoisotopic (exact) mass is 501 g/mol. The van der Waals surface area contributed by atoms with Crippen molar-refractivity contribution in [1.29, 1.82) is 0 Å². The molecule has 3 heterocycles. The van der Waals surface area contributed by atoms with E-state index in [0.717, 1.165) is 22.6 Å². The summed E-state index contributed by atoms with van der Waals surface area (Å²) in [6.45, 7) is 5.82. The molecule has 7 heteroatoms. The number of anilines is 2. The molecule has 1 saturated carbocycles. The maximum atomic E-state index is 12.3. The predicted octanol–water partition coefficient (Wildman–Crippen LogP) is 6.47. The Kier molecular flexibility index (Phi) is 7.10. The number of aryl methyl sites for hydroxylation is 1. The van der Waals surface area contributed by atoms with Crippen molar-refractivity contribution < 1.29 is 4.79 Å². The van der Waals surface area contributed by atoms with Gasteiger partial charge in [0.25, 0.3) is 0 Å². The lowest BCUT2D eigenvalue weighted by Crippen LogP contribution is -2.29. The highest BCUT2D eigenvalue weighted by atomic mass is 32.1. The minimum Gasteiger partial charge on any atom is -0.351 e. The molecule has 0 spiro atoms. The number of pyridine rings is 1. The van der Waals surface area contributed by atoms with E-state index < -0.39 is 0 Å². The summed E-state index contributed by atoms with van der Waals surface area (Å²) in [5.41, 5.74) is 5.02. The van der Waals surface area contributed by atoms with Gasteiger partial charge in [0.2, 0.25) is 5.91 Å². The first-order chi connectivity index (χ1) is 17.4. The molecule has 2 N–H and O–H groups in total. The van der Waals surface area contributed by atoms with E-state index in [0.29, 0.717) is 11.2 Å². The number of hydrogen-bond donors (Lipinski definition) is 2. The first kappa shape index (κ1) is 24.5. The van der Waals surface area contributed by atoms with Gasteiger partial charge in [-0.3, -0.25) is 9.78 Å². The highest BCUT2D eigenvalue weighted by Gasteiger charge is 2.41. The van der Waals surface area contributed by atoms with Crippen LogP contribution in [0.15, 0.2) is 61.1 Å². The molecule has 2 aliphatic rings. The number of carbonyl (C=O) groups is 1. The van der Waals surface area contributed by atoms with Crippen LogP contribution in [-0.4, -0.2) is 20.6 Å². The molecule has 2 atom stereocenters. The number of thiocarbonyl (C=S) groups is 1. The standard InChI is InChI=1S/C29H35N5OS/c1-19(2)28(35)31-24-13-12-23(17-20(24)3)34-27(26(32-29(34)36)25-11-7-8-15-30-25)21-14-16-33(18-21)22-9-5-4-6-10-22/h7-8,11-19,22,26-27H,4-6,9-10H2,1-3H3,(H,31,35)(H,32,36). The second-order valence-electron chi connectivity index (χ2n) is 10.3. The van der Waals surface area contributed by atoms with Gasteiger partial charge in [0.1, 0.15) is 0 Å². The van der Waals surface area contributed by atoms with Crippen molar-refractivity contribution in [2.24, 2.45) is 5.92 Å². The van der Waals surface area contributed by atoms with E-state index in [4.69, 9.17) is 12.2 Å². The van der Waals surface area contributed by atoms with E-state index in [2.05, 4.69) is 55.7 Å². The van der Waals surface area contributed by atoms with Gasteiger partial charge >= 0.3 is 0 Å².